The first-order chi connectivity index (χ1) is 9.58. The van der Waals surface area contributed by atoms with Gasteiger partial charge in [-0.25, -0.2) is 4.98 Å². The molecule has 1 aliphatic carbocycles. The minimum Gasteiger partial charge on any atom is -0.312 e. The maximum atomic E-state index is 4.68. The van der Waals surface area contributed by atoms with Crippen LogP contribution >= 0.6 is 11.3 Å². The van der Waals surface area contributed by atoms with Gasteiger partial charge in [0.05, 0.1) is 5.01 Å². The highest BCUT2D eigenvalue weighted by Gasteiger charge is 2.41. The molecule has 0 bridgehead atoms. The second-order valence-electron chi connectivity index (χ2n) is 6.26. The molecule has 4 heteroatoms. The standard InChI is InChI=1S/C16H29N3S/c1-5-17-14(11-15-18-13(2)12-20-15)16(19(3)4)9-7-6-8-10-16/h12,14,17H,5-11H2,1-4H3. The number of aryl methyl sites for hydroxylation is 1. The summed E-state index contributed by atoms with van der Waals surface area (Å²) in [4.78, 5) is 7.15. The minimum absolute atomic E-state index is 0.299. The summed E-state index contributed by atoms with van der Waals surface area (Å²) in [6.45, 7) is 5.33. The van der Waals surface area contributed by atoms with Crippen molar-refractivity contribution in [3.63, 3.8) is 0 Å². The first-order valence-electron chi connectivity index (χ1n) is 7.90. The van der Waals surface area contributed by atoms with E-state index in [1.807, 2.05) is 11.3 Å². The molecule has 20 heavy (non-hydrogen) atoms. The predicted molar refractivity (Wildman–Crippen MR) is 87.5 cm³/mol. The van der Waals surface area contributed by atoms with E-state index in [1.165, 1.54) is 37.1 Å². The molecule has 3 nitrogen and oxygen atoms in total. The molecule has 0 amide bonds. The maximum absolute atomic E-state index is 4.68. The van der Waals surface area contributed by atoms with Crippen LogP contribution < -0.4 is 5.32 Å². The molecule has 1 atom stereocenters. The second-order valence-corrected chi connectivity index (χ2v) is 7.20. The van der Waals surface area contributed by atoms with Crippen molar-refractivity contribution < 1.29 is 0 Å². The Balaban J connectivity index is 2.19. The van der Waals surface area contributed by atoms with Crippen LogP contribution in [0.3, 0.4) is 0 Å². The third-order valence-electron chi connectivity index (χ3n) is 4.75. The van der Waals surface area contributed by atoms with Gasteiger partial charge in [0.1, 0.15) is 0 Å². The topological polar surface area (TPSA) is 28.2 Å². The smallest absolute Gasteiger partial charge is 0.0944 e. The van der Waals surface area contributed by atoms with Gasteiger partial charge in [0.25, 0.3) is 0 Å². The van der Waals surface area contributed by atoms with Crippen molar-refractivity contribution in [2.45, 2.75) is 64.0 Å². The Morgan fingerprint density at radius 3 is 2.55 bits per heavy atom. The van der Waals surface area contributed by atoms with Crippen LogP contribution in [-0.2, 0) is 6.42 Å². The molecule has 0 spiro atoms. The lowest BCUT2D eigenvalue weighted by molar-refractivity contribution is 0.0574. The van der Waals surface area contributed by atoms with Crippen molar-refractivity contribution in [3.05, 3.63) is 16.1 Å². The summed E-state index contributed by atoms with van der Waals surface area (Å²) in [5.41, 5.74) is 1.45. The fourth-order valence-electron chi connectivity index (χ4n) is 3.64. The van der Waals surface area contributed by atoms with Crippen LogP contribution in [0.1, 0.15) is 49.7 Å². The predicted octanol–water partition coefficient (Wildman–Crippen LogP) is 3.24. The second kappa shape index (κ2) is 7.01. The van der Waals surface area contributed by atoms with Gasteiger partial charge in [-0.1, -0.05) is 26.2 Å². The Morgan fingerprint density at radius 2 is 2.05 bits per heavy atom. The summed E-state index contributed by atoms with van der Waals surface area (Å²) in [6, 6.07) is 0.508. The average Bonchev–Trinajstić information content (AvgIpc) is 2.84. The highest BCUT2D eigenvalue weighted by molar-refractivity contribution is 7.09. The van der Waals surface area contributed by atoms with E-state index in [0.717, 1.165) is 18.7 Å². The monoisotopic (exact) mass is 295 g/mol. The van der Waals surface area contributed by atoms with E-state index in [1.54, 1.807) is 0 Å². The summed E-state index contributed by atoms with van der Waals surface area (Å²) in [7, 11) is 4.51. The van der Waals surface area contributed by atoms with Gasteiger partial charge in [0, 0.05) is 29.1 Å². The molecule has 1 aromatic rings. The van der Waals surface area contributed by atoms with Gasteiger partial charge < -0.3 is 10.2 Å². The maximum Gasteiger partial charge on any atom is 0.0944 e. The number of rotatable bonds is 6. The van der Waals surface area contributed by atoms with E-state index in [4.69, 9.17) is 0 Å². The molecular weight excluding hydrogens is 266 g/mol. The van der Waals surface area contributed by atoms with Gasteiger partial charge in [-0.15, -0.1) is 11.3 Å². The number of nitrogens with one attached hydrogen (secondary N) is 1. The van der Waals surface area contributed by atoms with E-state index in [9.17, 15) is 0 Å². The third kappa shape index (κ3) is 3.41. The third-order valence-corrected chi connectivity index (χ3v) is 5.74. The lowest BCUT2D eigenvalue weighted by Crippen LogP contribution is -2.60. The van der Waals surface area contributed by atoms with E-state index in [0.29, 0.717) is 11.6 Å². The summed E-state index contributed by atoms with van der Waals surface area (Å²) in [6.07, 6.45) is 7.79. The average molecular weight is 295 g/mol. The number of nitrogens with zero attached hydrogens (tertiary/aromatic N) is 2. The zero-order valence-corrected chi connectivity index (χ0v) is 14.2. The van der Waals surface area contributed by atoms with Gasteiger partial charge >= 0.3 is 0 Å². The van der Waals surface area contributed by atoms with E-state index < -0.39 is 0 Å². The van der Waals surface area contributed by atoms with Crippen LogP contribution in [0.15, 0.2) is 5.38 Å². The summed E-state index contributed by atoms with van der Waals surface area (Å²) in [5.74, 6) is 0. The normalized spacial score (nSPS) is 20.2. The largest absolute Gasteiger partial charge is 0.312 e. The molecular formula is C16H29N3S. The van der Waals surface area contributed by atoms with E-state index >= 15 is 0 Å². The molecule has 0 aliphatic heterocycles. The quantitative estimate of drug-likeness (QED) is 0.873. The Bertz CT molecular complexity index is 408. The number of thiazole rings is 1. The Morgan fingerprint density at radius 1 is 1.35 bits per heavy atom. The fourth-order valence-corrected chi connectivity index (χ4v) is 4.46. The molecule has 1 N–H and O–H groups in total. The number of hydrogen-bond donors (Lipinski definition) is 1. The highest BCUT2D eigenvalue weighted by Crippen LogP contribution is 2.36. The molecule has 0 saturated heterocycles. The first-order valence-corrected chi connectivity index (χ1v) is 8.78. The van der Waals surface area contributed by atoms with Gasteiger partial charge in [-0.05, 0) is 40.4 Å². The number of likely N-dealkylation sites (N-methyl/N-ethyl adjacent to an activating group) is 2. The van der Waals surface area contributed by atoms with Crippen LogP contribution in [0.5, 0.6) is 0 Å². The summed E-state index contributed by atoms with van der Waals surface area (Å²) < 4.78 is 0. The fraction of sp³-hybridized carbons (Fsp3) is 0.812. The Hall–Kier alpha value is -0.450. The molecule has 0 radical (unpaired) electrons. The van der Waals surface area contributed by atoms with Gasteiger partial charge in [-0.3, -0.25) is 0 Å². The van der Waals surface area contributed by atoms with Crippen LogP contribution in [0.25, 0.3) is 0 Å². The van der Waals surface area contributed by atoms with Gasteiger partial charge in [0.2, 0.25) is 0 Å². The van der Waals surface area contributed by atoms with Crippen LogP contribution in [-0.4, -0.2) is 42.1 Å². The van der Waals surface area contributed by atoms with Crippen molar-refractivity contribution in [1.82, 2.24) is 15.2 Å². The molecule has 1 aromatic heterocycles. The first kappa shape index (κ1) is 15.9. The van der Waals surface area contributed by atoms with Crippen molar-refractivity contribution in [2.24, 2.45) is 0 Å². The van der Waals surface area contributed by atoms with Crippen molar-refractivity contribution in [1.29, 1.82) is 0 Å². The van der Waals surface area contributed by atoms with Crippen molar-refractivity contribution in [3.8, 4) is 0 Å². The molecule has 1 fully saturated rings. The molecule has 1 aliphatic rings. The summed E-state index contributed by atoms with van der Waals surface area (Å²) >= 11 is 1.81. The minimum atomic E-state index is 0.299. The van der Waals surface area contributed by atoms with E-state index in [-0.39, 0.29) is 0 Å². The van der Waals surface area contributed by atoms with Crippen molar-refractivity contribution in [2.75, 3.05) is 20.6 Å². The molecule has 1 unspecified atom stereocenters. The molecule has 0 aromatic carbocycles. The zero-order chi connectivity index (χ0) is 14.6. The van der Waals surface area contributed by atoms with Crippen LogP contribution in [0.4, 0.5) is 0 Å². The Labute approximate surface area is 127 Å². The lowest BCUT2D eigenvalue weighted by atomic mass is 9.74. The SMILES string of the molecule is CCNC(Cc1nc(C)cs1)C1(N(C)C)CCCCC1. The molecule has 114 valence electrons. The molecule has 1 heterocycles. The highest BCUT2D eigenvalue weighted by atomic mass is 32.1. The number of aromatic nitrogens is 1. The Kier molecular flexibility index (Phi) is 5.58. The van der Waals surface area contributed by atoms with Crippen LogP contribution in [0.2, 0.25) is 0 Å². The summed E-state index contributed by atoms with van der Waals surface area (Å²) in [5, 5.41) is 7.20. The molecule has 1 saturated carbocycles. The number of hydrogen-bond acceptors (Lipinski definition) is 4. The van der Waals surface area contributed by atoms with Crippen molar-refractivity contribution >= 4 is 11.3 Å². The molecule has 2 rings (SSSR count). The lowest BCUT2D eigenvalue weighted by Gasteiger charge is -2.48. The van der Waals surface area contributed by atoms with Gasteiger partial charge in [-0.2, -0.15) is 0 Å². The van der Waals surface area contributed by atoms with Crippen LogP contribution in [0, 0.1) is 6.92 Å². The zero-order valence-electron chi connectivity index (χ0n) is 13.4. The van der Waals surface area contributed by atoms with E-state index in [2.05, 4.69) is 48.5 Å². The van der Waals surface area contributed by atoms with Gasteiger partial charge in [0.15, 0.2) is 0 Å².